The number of hydrogen-bond donors (Lipinski definition) is 0. The van der Waals surface area contributed by atoms with E-state index < -0.39 is 16.8 Å². The quantitative estimate of drug-likeness (QED) is 0.372. The summed E-state index contributed by atoms with van der Waals surface area (Å²) in [5.41, 5.74) is 1.27. The average molecular weight is 399 g/mol. The molecule has 1 amide bonds. The molecule has 0 radical (unpaired) electrons. The molecule has 0 saturated carbocycles. The molecule has 0 saturated heterocycles. The summed E-state index contributed by atoms with van der Waals surface area (Å²) >= 11 is 1.23. The van der Waals surface area contributed by atoms with Crippen molar-refractivity contribution in [3.8, 4) is 0 Å². The van der Waals surface area contributed by atoms with Gasteiger partial charge in [0.05, 0.1) is 21.7 Å². The van der Waals surface area contributed by atoms with Crippen LogP contribution in [0.15, 0.2) is 47.5 Å². The van der Waals surface area contributed by atoms with Crippen LogP contribution >= 0.6 is 11.3 Å². The van der Waals surface area contributed by atoms with Crippen molar-refractivity contribution in [1.82, 2.24) is 4.57 Å². The maximum atomic E-state index is 12.7. The molecule has 0 bridgehead atoms. The first-order chi connectivity index (χ1) is 13.4. The molecule has 0 N–H and O–H groups in total. The molecule has 28 heavy (non-hydrogen) atoms. The number of ether oxygens (including phenoxy) is 1. The molecular weight excluding hydrogens is 382 g/mol. The molecule has 1 heterocycles. The molecule has 2 aromatic carbocycles. The van der Waals surface area contributed by atoms with Crippen LogP contribution in [0.25, 0.3) is 10.2 Å². The molecule has 3 rings (SSSR count). The second-order valence-corrected chi connectivity index (χ2v) is 6.90. The van der Waals surface area contributed by atoms with Crippen LogP contribution in [0.4, 0.5) is 5.69 Å². The molecule has 0 aliphatic rings. The van der Waals surface area contributed by atoms with E-state index in [1.165, 1.54) is 35.6 Å². The van der Waals surface area contributed by atoms with E-state index >= 15 is 0 Å². The maximum Gasteiger partial charge on any atom is 0.326 e. The Morgan fingerprint density at radius 3 is 2.68 bits per heavy atom. The zero-order valence-corrected chi connectivity index (χ0v) is 16.1. The number of hydrogen-bond acceptors (Lipinski definition) is 6. The summed E-state index contributed by atoms with van der Waals surface area (Å²) in [4.78, 5) is 39.7. The monoisotopic (exact) mass is 399 g/mol. The Bertz CT molecular complexity index is 1150. The summed E-state index contributed by atoms with van der Waals surface area (Å²) in [6.07, 6.45) is 0. The summed E-state index contributed by atoms with van der Waals surface area (Å²) in [6, 6.07) is 11.3. The lowest BCUT2D eigenvalue weighted by Gasteiger charge is -2.06. The van der Waals surface area contributed by atoms with Gasteiger partial charge in [0.2, 0.25) is 0 Å². The Labute approximate surface area is 163 Å². The number of benzene rings is 2. The standard InChI is InChI=1S/C19H17N3O5S/c1-3-27-16(23)11-21-17-12(2)7-6-10-15(17)28-19(21)20-18(24)13-8-4-5-9-14(13)22(25)26/h4-10H,3,11H2,1-2H3. The molecule has 8 nitrogen and oxygen atoms in total. The molecule has 0 fully saturated rings. The minimum atomic E-state index is -0.742. The first kappa shape index (κ1) is 19.4. The highest BCUT2D eigenvalue weighted by molar-refractivity contribution is 7.16. The maximum absolute atomic E-state index is 12.7. The number of carbonyl (C=O) groups excluding carboxylic acids is 2. The van der Waals surface area contributed by atoms with Crippen LogP contribution in [0.3, 0.4) is 0 Å². The van der Waals surface area contributed by atoms with E-state index in [0.29, 0.717) is 0 Å². The molecule has 0 aliphatic carbocycles. The minimum Gasteiger partial charge on any atom is -0.465 e. The van der Waals surface area contributed by atoms with Crippen LogP contribution < -0.4 is 4.80 Å². The number of carbonyl (C=O) groups is 2. The highest BCUT2D eigenvalue weighted by Crippen LogP contribution is 2.22. The second kappa shape index (κ2) is 8.13. The lowest BCUT2D eigenvalue weighted by Crippen LogP contribution is -2.23. The largest absolute Gasteiger partial charge is 0.465 e. The number of nitro groups is 1. The lowest BCUT2D eigenvalue weighted by molar-refractivity contribution is -0.385. The lowest BCUT2D eigenvalue weighted by atomic mass is 10.2. The number of nitro benzene ring substituents is 1. The molecule has 0 spiro atoms. The zero-order chi connectivity index (χ0) is 20.3. The predicted octanol–water partition coefficient (Wildman–Crippen LogP) is 3.22. The van der Waals surface area contributed by atoms with E-state index in [-0.39, 0.29) is 29.2 Å². The van der Waals surface area contributed by atoms with Gasteiger partial charge < -0.3 is 9.30 Å². The van der Waals surface area contributed by atoms with Gasteiger partial charge in [-0.15, -0.1) is 0 Å². The van der Waals surface area contributed by atoms with Crippen molar-refractivity contribution in [1.29, 1.82) is 0 Å². The van der Waals surface area contributed by atoms with Gasteiger partial charge in [0.1, 0.15) is 12.1 Å². The van der Waals surface area contributed by atoms with Gasteiger partial charge in [-0.3, -0.25) is 19.7 Å². The number of amides is 1. The fourth-order valence-corrected chi connectivity index (χ4v) is 3.94. The number of nitrogens with zero attached hydrogens (tertiary/aromatic N) is 3. The van der Waals surface area contributed by atoms with E-state index in [0.717, 1.165) is 15.8 Å². The Kier molecular flexibility index (Phi) is 5.65. The number of aromatic nitrogens is 1. The first-order valence-electron chi connectivity index (χ1n) is 8.49. The van der Waals surface area contributed by atoms with E-state index in [4.69, 9.17) is 4.74 Å². The molecule has 144 valence electrons. The normalized spacial score (nSPS) is 11.6. The molecule has 0 atom stereocenters. The van der Waals surface area contributed by atoms with E-state index in [9.17, 15) is 19.7 Å². The third-order valence-corrected chi connectivity index (χ3v) is 5.07. The number of para-hydroxylation sites is 2. The van der Waals surface area contributed by atoms with E-state index in [1.54, 1.807) is 11.5 Å². The van der Waals surface area contributed by atoms with Crippen LogP contribution in [0.1, 0.15) is 22.8 Å². The highest BCUT2D eigenvalue weighted by atomic mass is 32.1. The van der Waals surface area contributed by atoms with Crippen molar-refractivity contribution in [2.75, 3.05) is 6.61 Å². The van der Waals surface area contributed by atoms with Crippen molar-refractivity contribution in [3.05, 3.63) is 68.5 Å². The summed E-state index contributed by atoms with van der Waals surface area (Å²) in [6.45, 7) is 3.73. The Morgan fingerprint density at radius 2 is 1.96 bits per heavy atom. The molecular formula is C19H17N3O5S. The Balaban J connectivity index is 2.17. The highest BCUT2D eigenvalue weighted by Gasteiger charge is 2.20. The number of fused-ring (bicyclic) bond motifs is 1. The van der Waals surface area contributed by atoms with Gasteiger partial charge in [0.25, 0.3) is 11.6 Å². The minimum absolute atomic E-state index is 0.107. The molecule has 1 aromatic heterocycles. The van der Waals surface area contributed by atoms with Crippen molar-refractivity contribution < 1.29 is 19.2 Å². The molecule has 0 unspecified atom stereocenters. The Morgan fingerprint density at radius 1 is 1.21 bits per heavy atom. The summed E-state index contributed by atoms with van der Waals surface area (Å²) in [5.74, 6) is -1.20. The van der Waals surface area contributed by atoms with Gasteiger partial charge in [0, 0.05) is 6.07 Å². The fourth-order valence-electron chi connectivity index (χ4n) is 2.84. The number of thiazole rings is 1. The van der Waals surface area contributed by atoms with Crippen LogP contribution in [-0.4, -0.2) is 28.0 Å². The van der Waals surface area contributed by atoms with Crippen molar-refractivity contribution in [2.24, 2.45) is 4.99 Å². The van der Waals surface area contributed by atoms with Crippen LogP contribution in [-0.2, 0) is 16.1 Å². The van der Waals surface area contributed by atoms with E-state index in [2.05, 4.69) is 4.99 Å². The van der Waals surface area contributed by atoms with Crippen molar-refractivity contribution in [2.45, 2.75) is 20.4 Å². The third kappa shape index (κ3) is 3.84. The summed E-state index contributed by atoms with van der Waals surface area (Å²) in [5, 5.41) is 11.2. The average Bonchev–Trinajstić information content (AvgIpc) is 3.00. The van der Waals surface area contributed by atoms with Gasteiger partial charge in [0.15, 0.2) is 4.80 Å². The van der Waals surface area contributed by atoms with Gasteiger partial charge >= 0.3 is 5.97 Å². The molecule has 3 aromatic rings. The first-order valence-corrected chi connectivity index (χ1v) is 9.31. The van der Waals surface area contributed by atoms with Crippen LogP contribution in [0.2, 0.25) is 0 Å². The number of rotatable bonds is 5. The topological polar surface area (TPSA) is 104 Å². The van der Waals surface area contributed by atoms with Gasteiger partial charge in [-0.05, 0) is 31.5 Å². The van der Waals surface area contributed by atoms with Gasteiger partial charge in [-0.1, -0.05) is 35.6 Å². The third-order valence-electron chi connectivity index (χ3n) is 4.02. The fraction of sp³-hybridized carbons (Fsp3) is 0.211. The molecule has 9 heteroatoms. The van der Waals surface area contributed by atoms with Crippen molar-refractivity contribution in [3.63, 3.8) is 0 Å². The predicted molar refractivity (Wildman–Crippen MR) is 104 cm³/mol. The Hall–Kier alpha value is -3.33. The SMILES string of the molecule is CCOC(=O)Cn1c(=NC(=O)c2ccccc2[N+](=O)[O-])sc2cccc(C)c21. The summed E-state index contributed by atoms with van der Waals surface area (Å²) in [7, 11) is 0. The van der Waals surface area contributed by atoms with Gasteiger partial charge in [-0.2, -0.15) is 4.99 Å². The second-order valence-electron chi connectivity index (χ2n) is 5.89. The van der Waals surface area contributed by atoms with Crippen molar-refractivity contribution >= 4 is 39.1 Å². The van der Waals surface area contributed by atoms with E-state index in [1.807, 2.05) is 25.1 Å². The molecule has 0 aliphatic heterocycles. The summed E-state index contributed by atoms with van der Waals surface area (Å²) < 4.78 is 7.48. The van der Waals surface area contributed by atoms with Gasteiger partial charge in [-0.25, -0.2) is 0 Å². The number of esters is 1. The zero-order valence-electron chi connectivity index (χ0n) is 15.2. The van der Waals surface area contributed by atoms with Crippen LogP contribution in [0, 0.1) is 17.0 Å². The van der Waals surface area contributed by atoms with Crippen LogP contribution in [0.5, 0.6) is 0 Å². The smallest absolute Gasteiger partial charge is 0.326 e. The number of aryl methyl sites for hydroxylation is 1.